The van der Waals surface area contributed by atoms with E-state index in [0.717, 1.165) is 5.56 Å². The number of rotatable bonds is 9. The lowest BCUT2D eigenvalue weighted by Crippen LogP contribution is -2.45. The summed E-state index contributed by atoms with van der Waals surface area (Å²) < 4.78 is 38.9. The number of carbonyl (C=O) groups excluding carboxylic acids is 1. The van der Waals surface area contributed by atoms with Crippen LogP contribution in [0, 0.1) is 0 Å². The zero-order chi connectivity index (χ0) is 23.1. The normalized spacial score (nSPS) is 12.1. The summed E-state index contributed by atoms with van der Waals surface area (Å²) in [5.41, 5.74) is 1.23. The maximum absolute atomic E-state index is 13.1. The van der Waals surface area contributed by atoms with E-state index in [9.17, 15) is 13.2 Å². The van der Waals surface area contributed by atoms with Crippen molar-refractivity contribution in [1.82, 2.24) is 4.72 Å². The highest BCUT2D eigenvalue weighted by Crippen LogP contribution is 2.27. The van der Waals surface area contributed by atoms with Crippen molar-refractivity contribution >= 4 is 33.2 Å². The van der Waals surface area contributed by atoms with Crippen LogP contribution in [0.5, 0.6) is 11.5 Å². The summed E-state index contributed by atoms with van der Waals surface area (Å²) in [5.74, 6) is 0.283. The van der Waals surface area contributed by atoms with Crippen molar-refractivity contribution in [2.45, 2.75) is 17.4 Å². The minimum absolute atomic E-state index is 0.0774. The van der Waals surface area contributed by atoms with Crippen LogP contribution in [0.2, 0.25) is 5.02 Å². The third-order valence-electron chi connectivity index (χ3n) is 4.69. The molecule has 0 saturated heterocycles. The van der Waals surface area contributed by atoms with Gasteiger partial charge < -0.3 is 14.8 Å². The van der Waals surface area contributed by atoms with Crippen LogP contribution >= 0.6 is 11.6 Å². The number of hydrogen-bond donors (Lipinski definition) is 2. The van der Waals surface area contributed by atoms with Crippen molar-refractivity contribution < 1.29 is 22.7 Å². The lowest BCUT2D eigenvalue weighted by Gasteiger charge is -2.20. The smallest absolute Gasteiger partial charge is 0.243 e. The number of sulfonamides is 1. The molecule has 0 fully saturated rings. The molecule has 1 amide bonds. The van der Waals surface area contributed by atoms with Crippen LogP contribution in [-0.2, 0) is 21.2 Å². The molecule has 0 radical (unpaired) electrons. The molecule has 3 rings (SSSR count). The van der Waals surface area contributed by atoms with Crippen molar-refractivity contribution in [3.8, 4) is 11.5 Å². The highest BCUT2D eigenvalue weighted by atomic mass is 35.5. The Hall–Kier alpha value is -3.07. The molecule has 3 aromatic rings. The van der Waals surface area contributed by atoms with Crippen LogP contribution in [0.25, 0.3) is 0 Å². The van der Waals surface area contributed by atoms with Crippen LogP contribution in [-0.4, -0.2) is 34.6 Å². The Morgan fingerprint density at radius 2 is 1.59 bits per heavy atom. The van der Waals surface area contributed by atoms with Crippen LogP contribution in [0.4, 0.5) is 5.69 Å². The number of amides is 1. The molecular weight excluding hydrogens is 452 g/mol. The molecule has 0 aliphatic heterocycles. The molecule has 1 atom stereocenters. The molecule has 0 aliphatic carbocycles. The average molecular weight is 475 g/mol. The fraction of sp³-hybridized carbons (Fsp3) is 0.174. The maximum Gasteiger partial charge on any atom is 0.243 e. The number of ether oxygens (including phenoxy) is 2. The summed E-state index contributed by atoms with van der Waals surface area (Å²) in [6, 6.07) is 19.0. The number of nitrogens with one attached hydrogen (secondary N) is 2. The fourth-order valence-corrected chi connectivity index (χ4v) is 4.62. The van der Waals surface area contributed by atoms with E-state index in [1.54, 1.807) is 24.3 Å². The van der Waals surface area contributed by atoms with Gasteiger partial charge in [0, 0.05) is 0 Å². The van der Waals surface area contributed by atoms with Gasteiger partial charge in [-0.2, -0.15) is 4.72 Å². The second-order valence-corrected chi connectivity index (χ2v) is 8.97. The Bertz CT molecular complexity index is 1190. The number of anilines is 1. The van der Waals surface area contributed by atoms with Crippen molar-refractivity contribution in [1.29, 1.82) is 0 Å². The number of para-hydroxylation sites is 2. The van der Waals surface area contributed by atoms with Crippen LogP contribution in [0.3, 0.4) is 0 Å². The Morgan fingerprint density at radius 3 is 2.25 bits per heavy atom. The van der Waals surface area contributed by atoms with Gasteiger partial charge in [-0.15, -0.1) is 0 Å². The van der Waals surface area contributed by atoms with Crippen LogP contribution < -0.4 is 19.5 Å². The highest BCUT2D eigenvalue weighted by Gasteiger charge is 2.27. The third kappa shape index (κ3) is 5.79. The highest BCUT2D eigenvalue weighted by molar-refractivity contribution is 7.89. The summed E-state index contributed by atoms with van der Waals surface area (Å²) in [4.78, 5) is 13.0. The summed E-state index contributed by atoms with van der Waals surface area (Å²) >= 11 is 6.09. The van der Waals surface area contributed by atoms with Crippen molar-refractivity contribution in [3.05, 3.63) is 83.4 Å². The van der Waals surface area contributed by atoms with Crippen molar-refractivity contribution in [2.75, 3.05) is 19.5 Å². The van der Waals surface area contributed by atoms with Gasteiger partial charge in [0.1, 0.15) is 17.5 Å². The first-order valence-corrected chi connectivity index (χ1v) is 11.5. The van der Waals surface area contributed by atoms with Gasteiger partial charge in [-0.3, -0.25) is 4.79 Å². The molecule has 0 aliphatic rings. The Morgan fingerprint density at radius 1 is 0.938 bits per heavy atom. The lowest BCUT2D eigenvalue weighted by atomic mass is 10.1. The Balaban J connectivity index is 1.90. The van der Waals surface area contributed by atoms with Gasteiger partial charge in [0.25, 0.3) is 0 Å². The monoisotopic (exact) mass is 474 g/mol. The van der Waals surface area contributed by atoms with Gasteiger partial charge in [-0.05, 0) is 42.3 Å². The van der Waals surface area contributed by atoms with E-state index in [2.05, 4.69) is 10.0 Å². The molecular formula is C23H23ClN2O5S. The first-order chi connectivity index (χ1) is 15.3. The largest absolute Gasteiger partial charge is 0.495 e. The summed E-state index contributed by atoms with van der Waals surface area (Å²) in [6.45, 7) is 0. The molecule has 7 nitrogen and oxygen atoms in total. The molecule has 32 heavy (non-hydrogen) atoms. The summed E-state index contributed by atoms with van der Waals surface area (Å²) in [6.07, 6.45) is 0.144. The molecule has 0 saturated carbocycles. The van der Waals surface area contributed by atoms with E-state index in [0.29, 0.717) is 17.2 Å². The topological polar surface area (TPSA) is 93.7 Å². The molecule has 3 aromatic carbocycles. The van der Waals surface area contributed by atoms with Gasteiger partial charge in [0.05, 0.1) is 29.8 Å². The molecule has 9 heteroatoms. The average Bonchev–Trinajstić information content (AvgIpc) is 2.79. The Labute approximate surface area is 192 Å². The van der Waals surface area contributed by atoms with Gasteiger partial charge >= 0.3 is 0 Å². The fourth-order valence-electron chi connectivity index (χ4n) is 3.08. The van der Waals surface area contributed by atoms with E-state index in [4.69, 9.17) is 21.1 Å². The SMILES string of the molecule is COc1ccc(S(=O)(=O)N[C@H](Cc2ccccc2)C(=O)Nc2ccccc2OC)cc1Cl. The van der Waals surface area contributed by atoms with E-state index >= 15 is 0 Å². The predicted molar refractivity (Wildman–Crippen MR) is 124 cm³/mol. The van der Waals surface area contributed by atoms with Gasteiger partial charge in [0.2, 0.25) is 15.9 Å². The second kappa shape index (κ2) is 10.5. The molecule has 0 unspecified atom stereocenters. The first-order valence-electron chi connectivity index (χ1n) is 9.67. The molecule has 0 spiro atoms. The van der Waals surface area contributed by atoms with E-state index < -0.39 is 22.0 Å². The van der Waals surface area contributed by atoms with Crippen LogP contribution in [0.15, 0.2) is 77.7 Å². The number of hydrogen-bond acceptors (Lipinski definition) is 5. The first kappa shape index (κ1) is 23.6. The second-order valence-electron chi connectivity index (χ2n) is 6.85. The zero-order valence-electron chi connectivity index (χ0n) is 17.5. The number of benzene rings is 3. The summed E-state index contributed by atoms with van der Waals surface area (Å²) in [5, 5.41) is 2.90. The van der Waals surface area contributed by atoms with E-state index in [1.807, 2.05) is 30.3 Å². The molecule has 0 bridgehead atoms. The lowest BCUT2D eigenvalue weighted by molar-refractivity contribution is -0.117. The third-order valence-corrected chi connectivity index (χ3v) is 6.46. The van der Waals surface area contributed by atoms with E-state index in [1.165, 1.54) is 32.4 Å². The minimum atomic E-state index is -4.06. The molecule has 0 aromatic heterocycles. The molecule has 2 N–H and O–H groups in total. The van der Waals surface area contributed by atoms with Crippen LogP contribution in [0.1, 0.15) is 5.56 Å². The number of carbonyl (C=O) groups is 1. The zero-order valence-corrected chi connectivity index (χ0v) is 19.1. The molecule has 0 heterocycles. The predicted octanol–water partition coefficient (Wildman–Crippen LogP) is 3.89. The number of halogens is 1. The van der Waals surface area contributed by atoms with Gasteiger partial charge in [-0.1, -0.05) is 54.1 Å². The standard InChI is InChI=1S/C23H23ClN2O5S/c1-30-21-13-12-17(15-18(21)24)32(28,29)26-20(14-16-8-4-3-5-9-16)23(27)25-19-10-6-7-11-22(19)31-2/h3-13,15,20,26H,14H2,1-2H3,(H,25,27)/t20-/m1/s1. The Kier molecular flexibility index (Phi) is 7.74. The van der Waals surface area contributed by atoms with Crippen molar-refractivity contribution in [2.24, 2.45) is 0 Å². The molecule has 168 valence electrons. The minimum Gasteiger partial charge on any atom is -0.495 e. The maximum atomic E-state index is 13.1. The van der Waals surface area contributed by atoms with Crippen molar-refractivity contribution in [3.63, 3.8) is 0 Å². The van der Waals surface area contributed by atoms with Gasteiger partial charge in [0.15, 0.2) is 0 Å². The van der Waals surface area contributed by atoms with E-state index in [-0.39, 0.29) is 16.3 Å². The van der Waals surface area contributed by atoms with Gasteiger partial charge in [-0.25, -0.2) is 8.42 Å². The quantitative estimate of drug-likeness (QED) is 0.490. The number of methoxy groups -OCH3 is 2. The summed E-state index contributed by atoms with van der Waals surface area (Å²) in [7, 11) is -1.14.